The minimum absolute atomic E-state index is 0.321. The summed E-state index contributed by atoms with van der Waals surface area (Å²) in [4.78, 5) is 15.8. The van der Waals surface area contributed by atoms with Crippen LogP contribution in [0.25, 0.3) is 0 Å². The normalized spacial score (nSPS) is 10.5. The first-order valence-corrected chi connectivity index (χ1v) is 7.61. The Hall–Kier alpha value is -3.08. The van der Waals surface area contributed by atoms with Crippen LogP contribution < -0.4 is 4.74 Å². The zero-order chi connectivity index (χ0) is 16.9. The molecule has 0 saturated carbocycles. The summed E-state index contributed by atoms with van der Waals surface area (Å²) in [5, 5.41) is 9.31. The van der Waals surface area contributed by atoms with Crippen LogP contribution in [-0.2, 0) is 13.0 Å². The highest BCUT2D eigenvalue weighted by Gasteiger charge is 2.11. The van der Waals surface area contributed by atoms with Crippen molar-refractivity contribution in [3.8, 4) is 5.75 Å². The molecule has 0 radical (unpaired) electrons. The molecule has 3 rings (SSSR count). The number of benzene rings is 2. The lowest BCUT2D eigenvalue weighted by Gasteiger charge is -2.10. The topological polar surface area (TPSA) is 64.4 Å². The maximum Gasteiger partial charge on any atom is 0.336 e. The molecule has 5 nitrogen and oxygen atoms in total. The van der Waals surface area contributed by atoms with Gasteiger partial charge in [-0.3, -0.25) is 0 Å². The molecule has 2 aromatic carbocycles. The highest BCUT2D eigenvalue weighted by molar-refractivity contribution is 5.89. The van der Waals surface area contributed by atoms with Gasteiger partial charge in [-0.05, 0) is 29.3 Å². The number of hydrogen-bond acceptors (Lipinski definition) is 3. The number of carboxylic acids is 1. The molecule has 0 spiro atoms. The molecule has 24 heavy (non-hydrogen) atoms. The second kappa shape index (κ2) is 7.00. The van der Waals surface area contributed by atoms with Gasteiger partial charge in [0.05, 0.1) is 12.7 Å². The van der Waals surface area contributed by atoms with Gasteiger partial charge in [-0.1, -0.05) is 30.3 Å². The quantitative estimate of drug-likeness (QED) is 0.757. The van der Waals surface area contributed by atoms with Crippen LogP contribution in [0.2, 0.25) is 0 Å². The van der Waals surface area contributed by atoms with Crippen LogP contribution in [0.1, 0.15) is 27.3 Å². The molecular weight excluding hydrogens is 304 g/mol. The van der Waals surface area contributed by atoms with Crippen LogP contribution in [0.4, 0.5) is 0 Å². The minimum Gasteiger partial charge on any atom is -0.497 e. The van der Waals surface area contributed by atoms with Gasteiger partial charge >= 0.3 is 5.97 Å². The Labute approximate surface area is 140 Å². The molecule has 1 heterocycles. The predicted octanol–water partition coefficient (Wildman–Crippen LogP) is 3.23. The fourth-order valence-corrected chi connectivity index (χ4v) is 2.63. The molecule has 5 heteroatoms. The Morgan fingerprint density at radius 3 is 2.62 bits per heavy atom. The molecule has 0 atom stereocenters. The molecule has 0 aliphatic heterocycles. The minimum atomic E-state index is -0.914. The van der Waals surface area contributed by atoms with Gasteiger partial charge in [0.2, 0.25) is 0 Å². The van der Waals surface area contributed by atoms with E-state index in [4.69, 9.17) is 4.74 Å². The average Bonchev–Trinajstić information content (AvgIpc) is 3.03. The number of hydrogen-bond donors (Lipinski definition) is 1. The van der Waals surface area contributed by atoms with Crippen LogP contribution in [-0.4, -0.2) is 27.7 Å². The zero-order valence-corrected chi connectivity index (χ0v) is 13.3. The van der Waals surface area contributed by atoms with Gasteiger partial charge < -0.3 is 14.4 Å². The maximum atomic E-state index is 11.3. The van der Waals surface area contributed by atoms with E-state index >= 15 is 0 Å². The number of methoxy groups -OCH3 is 1. The lowest BCUT2D eigenvalue weighted by atomic mass is 10.1. The average molecular weight is 322 g/mol. The molecule has 0 aliphatic rings. The van der Waals surface area contributed by atoms with Crippen molar-refractivity contribution in [3.05, 3.63) is 83.4 Å². The van der Waals surface area contributed by atoms with Crippen LogP contribution in [0.3, 0.4) is 0 Å². The molecule has 1 N–H and O–H groups in total. The third-order valence-electron chi connectivity index (χ3n) is 3.91. The smallest absolute Gasteiger partial charge is 0.336 e. The van der Waals surface area contributed by atoms with E-state index in [-0.39, 0.29) is 0 Å². The fourth-order valence-electron chi connectivity index (χ4n) is 2.63. The van der Waals surface area contributed by atoms with Crippen molar-refractivity contribution in [1.29, 1.82) is 0 Å². The number of ether oxygens (including phenoxy) is 1. The van der Waals surface area contributed by atoms with E-state index in [1.54, 1.807) is 25.4 Å². The van der Waals surface area contributed by atoms with Crippen molar-refractivity contribution in [3.63, 3.8) is 0 Å². The summed E-state index contributed by atoms with van der Waals surface area (Å²) in [6.45, 7) is 0.480. The first-order chi connectivity index (χ1) is 11.7. The number of aromatic carboxylic acids is 1. The van der Waals surface area contributed by atoms with Crippen LogP contribution >= 0.6 is 0 Å². The third kappa shape index (κ3) is 3.46. The first kappa shape index (κ1) is 15.8. The van der Waals surface area contributed by atoms with Crippen molar-refractivity contribution < 1.29 is 14.6 Å². The Morgan fingerprint density at radius 2 is 1.92 bits per heavy atom. The number of carboxylic acid groups (broad SMARTS) is 1. The van der Waals surface area contributed by atoms with E-state index in [9.17, 15) is 9.90 Å². The molecule has 3 aromatic rings. The number of aromatic nitrogens is 2. The molecule has 0 aliphatic carbocycles. The number of imidazole rings is 1. The summed E-state index contributed by atoms with van der Waals surface area (Å²) in [6, 6.07) is 14.9. The summed E-state index contributed by atoms with van der Waals surface area (Å²) >= 11 is 0. The van der Waals surface area contributed by atoms with E-state index < -0.39 is 5.97 Å². The summed E-state index contributed by atoms with van der Waals surface area (Å²) in [6.07, 6.45) is 4.28. The van der Waals surface area contributed by atoms with E-state index in [0.717, 1.165) is 22.7 Å². The molecule has 0 unspecified atom stereocenters. The molecule has 122 valence electrons. The molecule has 0 amide bonds. The predicted molar refractivity (Wildman–Crippen MR) is 90.5 cm³/mol. The largest absolute Gasteiger partial charge is 0.497 e. The number of rotatable bonds is 6. The third-order valence-corrected chi connectivity index (χ3v) is 3.91. The first-order valence-electron chi connectivity index (χ1n) is 7.61. The molecule has 0 fully saturated rings. The second-order valence-corrected chi connectivity index (χ2v) is 5.46. The summed E-state index contributed by atoms with van der Waals surface area (Å²) in [5.41, 5.74) is 2.20. The van der Waals surface area contributed by atoms with Gasteiger partial charge in [0, 0.05) is 25.4 Å². The van der Waals surface area contributed by atoms with Crippen molar-refractivity contribution in [1.82, 2.24) is 9.55 Å². The SMILES string of the molecule is COc1ccc(Cc2nccn2Cc2ccccc2C(=O)O)cc1. The summed E-state index contributed by atoms with van der Waals surface area (Å²) < 4.78 is 7.14. The zero-order valence-electron chi connectivity index (χ0n) is 13.3. The van der Waals surface area contributed by atoms with Crippen LogP contribution in [0.5, 0.6) is 5.75 Å². The number of nitrogens with zero attached hydrogens (tertiary/aromatic N) is 2. The van der Waals surface area contributed by atoms with Gasteiger partial charge in [-0.25, -0.2) is 9.78 Å². The van der Waals surface area contributed by atoms with E-state index in [1.165, 1.54) is 0 Å². The van der Waals surface area contributed by atoms with Crippen LogP contribution in [0, 0.1) is 0 Å². The number of carbonyl (C=O) groups is 1. The lowest BCUT2D eigenvalue weighted by Crippen LogP contribution is -2.09. The second-order valence-electron chi connectivity index (χ2n) is 5.46. The monoisotopic (exact) mass is 322 g/mol. The van der Waals surface area contributed by atoms with E-state index in [1.807, 2.05) is 47.2 Å². The Kier molecular flexibility index (Phi) is 4.61. The van der Waals surface area contributed by atoms with Gasteiger partial charge in [0.1, 0.15) is 11.6 Å². The van der Waals surface area contributed by atoms with E-state index in [2.05, 4.69) is 4.98 Å². The van der Waals surface area contributed by atoms with Crippen molar-refractivity contribution in [2.24, 2.45) is 0 Å². The Balaban J connectivity index is 1.82. The Morgan fingerprint density at radius 1 is 1.17 bits per heavy atom. The van der Waals surface area contributed by atoms with E-state index in [0.29, 0.717) is 18.5 Å². The standard InChI is InChI=1S/C19H18N2O3/c1-24-16-8-6-14(7-9-16)12-18-20-10-11-21(18)13-15-4-2-3-5-17(15)19(22)23/h2-11H,12-13H2,1H3,(H,22,23). The van der Waals surface area contributed by atoms with Crippen molar-refractivity contribution >= 4 is 5.97 Å². The van der Waals surface area contributed by atoms with Crippen LogP contribution in [0.15, 0.2) is 60.9 Å². The van der Waals surface area contributed by atoms with Gasteiger partial charge in [-0.15, -0.1) is 0 Å². The van der Waals surface area contributed by atoms with Gasteiger partial charge in [-0.2, -0.15) is 0 Å². The lowest BCUT2D eigenvalue weighted by molar-refractivity contribution is 0.0695. The fraction of sp³-hybridized carbons (Fsp3) is 0.158. The van der Waals surface area contributed by atoms with Crippen molar-refractivity contribution in [2.45, 2.75) is 13.0 Å². The Bertz CT molecular complexity index is 838. The highest BCUT2D eigenvalue weighted by Crippen LogP contribution is 2.16. The summed E-state index contributed by atoms with van der Waals surface area (Å²) in [5.74, 6) is 0.792. The van der Waals surface area contributed by atoms with Crippen molar-refractivity contribution in [2.75, 3.05) is 7.11 Å². The maximum absolute atomic E-state index is 11.3. The highest BCUT2D eigenvalue weighted by atomic mass is 16.5. The molecule has 0 bridgehead atoms. The molecule has 0 saturated heterocycles. The molecule has 1 aromatic heterocycles. The molecular formula is C19H18N2O3. The van der Waals surface area contributed by atoms with Gasteiger partial charge in [0.15, 0.2) is 0 Å². The van der Waals surface area contributed by atoms with Gasteiger partial charge in [0.25, 0.3) is 0 Å². The summed E-state index contributed by atoms with van der Waals surface area (Å²) in [7, 11) is 1.64.